The van der Waals surface area contributed by atoms with Gasteiger partial charge in [-0.25, -0.2) is 0 Å². The Labute approximate surface area is 156 Å². The standard InChI is InChI=1S/C16H30N2O9/c1-6(21)17-11-10(14(24)9(5-20)27-16(11)26-2)18-8-3-7(4-19)12(22)15(25)13(8)23/h7-16,18-20,22-25H,3-5H2,1-2H3,(H,17,21)/t7-,8-,9-,10-,11-,12+,13+,14-,15+,16-/m1/s1. The Hall–Kier alpha value is -0.890. The molecule has 10 atom stereocenters. The van der Waals surface area contributed by atoms with E-state index >= 15 is 0 Å². The first-order chi connectivity index (χ1) is 12.7. The Morgan fingerprint density at radius 2 is 1.70 bits per heavy atom. The molecule has 1 aliphatic carbocycles. The zero-order chi connectivity index (χ0) is 20.3. The van der Waals surface area contributed by atoms with E-state index in [-0.39, 0.29) is 6.42 Å². The van der Waals surface area contributed by atoms with Crippen LogP contribution in [0.15, 0.2) is 0 Å². The van der Waals surface area contributed by atoms with E-state index in [0.717, 1.165) is 0 Å². The van der Waals surface area contributed by atoms with Gasteiger partial charge < -0.3 is 50.7 Å². The molecule has 158 valence electrons. The summed E-state index contributed by atoms with van der Waals surface area (Å²) in [5.41, 5.74) is 0. The van der Waals surface area contributed by atoms with Gasteiger partial charge in [-0.1, -0.05) is 0 Å². The monoisotopic (exact) mass is 394 g/mol. The number of carbonyl (C=O) groups is 1. The van der Waals surface area contributed by atoms with Gasteiger partial charge in [-0.2, -0.15) is 0 Å². The lowest BCUT2D eigenvalue weighted by molar-refractivity contribution is -0.243. The third kappa shape index (κ3) is 4.75. The van der Waals surface area contributed by atoms with Gasteiger partial charge in [-0.15, -0.1) is 0 Å². The molecule has 1 saturated carbocycles. The van der Waals surface area contributed by atoms with Crippen LogP contribution >= 0.6 is 0 Å². The van der Waals surface area contributed by atoms with Crippen LogP contribution < -0.4 is 10.6 Å². The van der Waals surface area contributed by atoms with Crippen molar-refractivity contribution in [3.05, 3.63) is 0 Å². The minimum absolute atomic E-state index is 0.119. The first-order valence-electron chi connectivity index (χ1n) is 8.90. The minimum Gasteiger partial charge on any atom is -0.396 e. The van der Waals surface area contributed by atoms with Crippen molar-refractivity contribution in [3.8, 4) is 0 Å². The fourth-order valence-corrected chi connectivity index (χ4v) is 3.82. The van der Waals surface area contributed by atoms with Crippen molar-refractivity contribution in [2.75, 3.05) is 20.3 Å². The van der Waals surface area contributed by atoms with E-state index in [2.05, 4.69) is 10.6 Å². The molecule has 27 heavy (non-hydrogen) atoms. The maximum Gasteiger partial charge on any atom is 0.217 e. The van der Waals surface area contributed by atoms with E-state index < -0.39 is 80.0 Å². The van der Waals surface area contributed by atoms with Gasteiger partial charge in [0.2, 0.25) is 5.91 Å². The quantitative estimate of drug-likeness (QED) is 0.219. The predicted octanol–water partition coefficient (Wildman–Crippen LogP) is -4.36. The average Bonchev–Trinajstić information content (AvgIpc) is 2.64. The van der Waals surface area contributed by atoms with Crippen LogP contribution in [-0.2, 0) is 14.3 Å². The summed E-state index contributed by atoms with van der Waals surface area (Å²) >= 11 is 0. The number of nitrogens with one attached hydrogen (secondary N) is 2. The Kier molecular flexibility index (Phi) is 7.92. The van der Waals surface area contributed by atoms with Crippen LogP contribution in [0.1, 0.15) is 13.3 Å². The smallest absolute Gasteiger partial charge is 0.217 e. The highest BCUT2D eigenvalue weighted by atomic mass is 16.7. The normalized spacial score (nSPS) is 45.5. The van der Waals surface area contributed by atoms with Crippen molar-refractivity contribution < 1.29 is 44.9 Å². The highest BCUT2D eigenvalue weighted by molar-refractivity contribution is 5.73. The first kappa shape index (κ1) is 22.4. The zero-order valence-electron chi connectivity index (χ0n) is 15.3. The number of hydrogen-bond acceptors (Lipinski definition) is 10. The molecule has 0 bridgehead atoms. The fourth-order valence-electron chi connectivity index (χ4n) is 3.82. The molecule has 11 nitrogen and oxygen atoms in total. The van der Waals surface area contributed by atoms with Crippen LogP contribution in [-0.4, -0.2) is 112 Å². The third-order valence-corrected chi connectivity index (χ3v) is 5.31. The molecule has 1 aliphatic heterocycles. The molecule has 0 aromatic heterocycles. The molecule has 0 radical (unpaired) electrons. The molecule has 1 heterocycles. The molecule has 0 aromatic rings. The predicted molar refractivity (Wildman–Crippen MR) is 90.3 cm³/mol. The van der Waals surface area contributed by atoms with Crippen molar-refractivity contribution >= 4 is 5.91 Å². The fraction of sp³-hybridized carbons (Fsp3) is 0.938. The van der Waals surface area contributed by atoms with Crippen LogP contribution in [0, 0.1) is 5.92 Å². The van der Waals surface area contributed by atoms with E-state index in [4.69, 9.17) is 9.47 Å². The van der Waals surface area contributed by atoms with Gasteiger partial charge in [0, 0.05) is 32.6 Å². The summed E-state index contributed by atoms with van der Waals surface area (Å²) in [6.07, 6.45) is -7.26. The highest BCUT2D eigenvalue weighted by Gasteiger charge is 2.49. The summed E-state index contributed by atoms with van der Waals surface area (Å²) < 4.78 is 10.7. The summed E-state index contributed by atoms with van der Waals surface area (Å²) in [4.78, 5) is 11.6. The van der Waals surface area contributed by atoms with E-state index in [1.807, 2.05) is 0 Å². The average molecular weight is 394 g/mol. The maximum absolute atomic E-state index is 11.6. The topological polar surface area (TPSA) is 181 Å². The van der Waals surface area contributed by atoms with Gasteiger partial charge in [0.15, 0.2) is 6.29 Å². The molecule has 8 N–H and O–H groups in total. The van der Waals surface area contributed by atoms with Crippen molar-refractivity contribution in [1.82, 2.24) is 10.6 Å². The summed E-state index contributed by atoms with van der Waals surface area (Å²) in [5, 5.41) is 65.4. The largest absolute Gasteiger partial charge is 0.396 e. The SMILES string of the molecule is CO[C@@H]1O[C@H](CO)[C@@H](O)[C@H](N[C@@H]2C[C@H](CO)[C@H](O)[C@H](O)[C@H]2O)[C@H]1NC(C)=O. The third-order valence-electron chi connectivity index (χ3n) is 5.31. The number of amides is 1. The molecule has 11 heteroatoms. The van der Waals surface area contributed by atoms with E-state index in [9.17, 15) is 35.4 Å². The lowest BCUT2D eigenvalue weighted by Gasteiger charge is -2.48. The van der Waals surface area contributed by atoms with Gasteiger partial charge >= 0.3 is 0 Å². The second kappa shape index (κ2) is 9.54. The van der Waals surface area contributed by atoms with Gasteiger partial charge in [0.25, 0.3) is 0 Å². The summed E-state index contributed by atoms with van der Waals surface area (Å²) in [6.45, 7) is 0.389. The first-order valence-corrected chi connectivity index (χ1v) is 8.90. The van der Waals surface area contributed by atoms with Crippen LogP contribution in [0.2, 0.25) is 0 Å². The highest BCUT2D eigenvalue weighted by Crippen LogP contribution is 2.28. The van der Waals surface area contributed by atoms with Crippen molar-refractivity contribution in [2.24, 2.45) is 5.92 Å². The second-order valence-electron chi connectivity index (χ2n) is 7.13. The Morgan fingerprint density at radius 1 is 1.04 bits per heavy atom. The number of hydrogen-bond donors (Lipinski definition) is 8. The van der Waals surface area contributed by atoms with Crippen LogP contribution in [0.3, 0.4) is 0 Å². The van der Waals surface area contributed by atoms with E-state index in [0.29, 0.717) is 0 Å². The molecule has 0 unspecified atom stereocenters. The molecule has 1 amide bonds. The molecular formula is C16H30N2O9. The molecule has 2 fully saturated rings. The van der Waals surface area contributed by atoms with E-state index in [1.54, 1.807) is 0 Å². The van der Waals surface area contributed by atoms with E-state index in [1.165, 1.54) is 14.0 Å². The minimum atomic E-state index is -1.49. The molecular weight excluding hydrogens is 364 g/mol. The van der Waals surface area contributed by atoms with Gasteiger partial charge in [0.1, 0.15) is 12.2 Å². The lowest BCUT2D eigenvalue weighted by atomic mass is 9.79. The number of rotatable bonds is 6. The van der Waals surface area contributed by atoms with Gasteiger partial charge in [0.05, 0.1) is 37.0 Å². The molecule has 0 spiro atoms. The number of ether oxygens (including phenoxy) is 2. The molecule has 2 rings (SSSR count). The maximum atomic E-state index is 11.6. The number of aliphatic hydroxyl groups is 6. The molecule has 0 aromatic carbocycles. The summed E-state index contributed by atoms with van der Waals surface area (Å²) in [7, 11) is 1.35. The number of carbonyl (C=O) groups excluding carboxylic acids is 1. The lowest BCUT2D eigenvalue weighted by Crippen LogP contribution is -2.72. The zero-order valence-corrected chi connectivity index (χ0v) is 15.3. The van der Waals surface area contributed by atoms with Crippen LogP contribution in [0.4, 0.5) is 0 Å². The summed E-state index contributed by atoms with van der Waals surface area (Å²) in [5.74, 6) is -1.08. The Morgan fingerprint density at radius 3 is 2.22 bits per heavy atom. The molecule has 2 aliphatic rings. The summed E-state index contributed by atoms with van der Waals surface area (Å²) in [6, 6.07) is -2.55. The van der Waals surface area contributed by atoms with Gasteiger partial charge in [-0.3, -0.25) is 4.79 Å². The Bertz CT molecular complexity index is 495. The second-order valence-corrected chi connectivity index (χ2v) is 7.13. The van der Waals surface area contributed by atoms with Crippen molar-refractivity contribution in [3.63, 3.8) is 0 Å². The number of methoxy groups -OCH3 is 1. The van der Waals surface area contributed by atoms with Crippen LogP contribution in [0.5, 0.6) is 0 Å². The Balaban J connectivity index is 2.25. The molecule has 1 saturated heterocycles. The van der Waals surface area contributed by atoms with Crippen molar-refractivity contribution in [1.29, 1.82) is 0 Å². The number of aliphatic hydroxyl groups excluding tert-OH is 6. The van der Waals surface area contributed by atoms with Crippen molar-refractivity contribution in [2.45, 2.75) is 68.3 Å². The van der Waals surface area contributed by atoms with Crippen LogP contribution in [0.25, 0.3) is 0 Å². The van der Waals surface area contributed by atoms with Gasteiger partial charge in [-0.05, 0) is 6.42 Å².